The van der Waals surface area contributed by atoms with Crippen molar-refractivity contribution in [2.45, 2.75) is 86.2 Å². The summed E-state index contributed by atoms with van der Waals surface area (Å²) in [7, 11) is 0. The average Bonchev–Trinajstić information content (AvgIpc) is 2.65. The maximum atomic E-state index is 6.96. The van der Waals surface area contributed by atoms with E-state index in [-0.39, 0.29) is 11.0 Å². The van der Waals surface area contributed by atoms with Gasteiger partial charge in [-0.15, -0.1) is 0 Å². The predicted molar refractivity (Wildman–Crippen MR) is 116 cm³/mol. The number of hydrogen-bond acceptors (Lipinski definition) is 1. The van der Waals surface area contributed by atoms with Crippen LogP contribution in [-0.4, -0.2) is 0 Å². The molecule has 27 heavy (non-hydrogen) atoms. The van der Waals surface area contributed by atoms with Gasteiger partial charge in [-0.05, 0) is 87.8 Å². The molecule has 2 aromatic carbocycles. The minimum Gasteiger partial charge on any atom is -0.482 e. The number of aryl methyl sites for hydroxylation is 2. The van der Waals surface area contributed by atoms with Crippen LogP contribution in [-0.2, 0) is 11.0 Å². The number of rotatable bonds is 3. The van der Waals surface area contributed by atoms with Crippen molar-refractivity contribution in [1.29, 1.82) is 0 Å². The van der Waals surface area contributed by atoms with E-state index < -0.39 is 0 Å². The van der Waals surface area contributed by atoms with E-state index >= 15 is 0 Å². The normalized spacial score (nSPS) is 23.7. The predicted octanol–water partition coefficient (Wildman–Crippen LogP) is 7.23. The highest BCUT2D eigenvalue weighted by Gasteiger charge is 2.53. The van der Waals surface area contributed by atoms with Gasteiger partial charge in [-0.1, -0.05) is 45.0 Å². The van der Waals surface area contributed by atoms with Gasteiger partial charge in [0.25, 0.3) is 0 Å². The summed E-state index contributed by atoms with van der Waals surface area (Å²) in [4.78, 5) is 0. The molecule has 1 heterocycles. The van der Waals surface area contributed by atoms with Crippen LogP contribution in [0.4, 0.5) is 0 Å². The number of benzene rings is 2. The molecule has 1 aliphatic heterocycles. The third-order valence-electron chi connectivity index (χ3n) is 8.04. The lowest BCUT2D eigenvalue weighted by molar-refractivity contribution is -0.0392. The molecule has 0 spiro atoms. The Balaban J connectivity index is 2.33. The van der Waals surface area contributed by atoms with Gasteiger partial charge < -0.3 is 4.74 Å². The van der Waals surface area contributed by atoms with E-state index in [0.29, 0.717) is 5.92 Å². The maximum absolute atomic E-state index is 6.96. The van der Waals surface area contributed by atoms with Crippen LogP contribution in [0.15, 0.2) is 24.3 Å². The molecule has 1 nitrogen and oxygen atoms in total. The van der Waals surface area contributed by atoms with Crippen LogP contribution >= 0.6 is 0 Å². The van der Waals surface area contributed by atoms with Crippen LogP contribution in [0.25, 0.3) is 0 Å². The van der Waals surface area contributed by atoms with Gasteiger partial charge in [-0.25, -0.2) is 0 Å². The van der Waals surface area contributed by atoms with E-state index in [1.807, 2.05) is 0 Å². The van der Waals surface area contributed by atoms with Crippen molar-refractivity contribution < 1.29 is 4.74 Å². The first-order chi connectivity index (χ1) is 12.6. The fourth-order valence-electron chi connectivity index (χ4n) is 5.40. The van der Waals surface area contributed by atoms with E-state index in [1.165, 1.54) is 38.9 Å². The second-order valence-electron chi connectivity index (χ2n) is 8.86. The molecule has 2 atom stereocenters. The Hall–Kier alpha value is -1.76. The highest BCUT2D eigenvalue weighted by molar-refractivity contribution is 5.54. The Labute approximate surface area is 166 Å². The summed E-state index contributed by atoms with van der Waals surface area (Å²) in [6.45, 7) is 20.5. The Morgan fingerprint density at radius 2 is 1.30 bits per heavy atom. The lowest BCUT2D eigenvalue weighted by Gasteiger charge is -2.53. The SMILES string of the molecule is CCC1(CC)c2ccc(C)c(C)c2OC(C)(c2ccc(C)c(C)c2C)C1C. The van der Waals surface area contributed by atoms with Gasteiger partial charge in [-0.2, -0.15) is 0 Å². The summed E-state index contributed by atoms with van der Waals surface area (Å²) < 4.78 is 6.96. The molecule has 2 aromatic rings. The van der Waals surface area contributed by atoms with Gasteiger partial charge in [0.1, 0.15) is 11.4 Å². The van der Waals surface area contributed by atoms with E-state index in [1.54, 1.807) is 0 Å². The topological polar surface area (TPSA) is 9.23 Å². The third-order valence-corrected chi connectivity index (χ3v) is 8.04. The Bertz CT molecular complexity index is 872. The second kappa shape index (κ2) is 6.69. The Morgan fingerprint density at radius 3 is 1.85 bits per heavy atom. The van der Waals surface area contributed by atoms with E-state index in [0.717, 1.165) is 18.6 Å². The molecule has 1 heteroatoms. The number of hydrogen-bond donors (Lipinski definition) is 0. The highest BCUT2D eigenvalue weighted by atomic mass is 16.5. The fourth-order valence-corrected chi connectivity index (χ4v) is 5.40. The molecule has 146 valence electrons. The summed E-state index contributed by atoms with van der Waals surface area (Å²) in [6, 6.07) is 9.17. The minimum absolute atomic E-state index is 0.131. The van der Waals surface area contributed by atoms with Gasteiger partial charge in [0.2, 0.25) is 0 Å². The molecule has 0 amide bonds. The van der Waals surface area contributed by atoms with Gasteiger partial charge in [-0.3, -0.25) is 0 Å². The smallest absolute Gasteiger partial charge is 0.135 e. The van der Waals surface area contributed by atoms with Crippen molar-refractivity contribution in [2.24, 2.45) is 5.92 Å². The molecule has 3 rings (SSSR count). The molecule has 0 radical (unpaired) electrons. The van der Waals surface area contributed by atoms with Gasteiger partial charge in [0, 0.05) is 16.9 Å². The Morgan fingerprint density at radius 1 is 0.778 bits per heavy atom. The van der Waals surface area contributed by atoms with E-state index in [4.69, 9.17) is 4.74 Å². The summed E-state index contributed by atoms with van der Waals surface area (Å²) >= 11 is 0. The first kappa shape index (κ1) is 20.0. The van der Waals surface area contributed by atoms with Crippen molar-refractivity contribution in [3.05, 3.63) is 63.2 Å². The van der Waals surface area contributed by atoms with Gasteiger partial charge >= 0.3 is 0 Å². The number of ether oxygens (including phenoxy) is 1. The monoisotopic (exact) mass is 364 g/mol. The first-order valence-electron chi connectivity index (χ1n) is 10.5. The third kappa shape index (κ3) is 2.65. The molecule has 0 fully saturated rings. The zero-order valence-corrected chi connectivity index (χ0v) is 18.7. The van der Waals surface area contributed by atoms with Crippen molar-refractivity contribution in [1.82, 2.24) is 0 Å². The molecule has 2 unspecified atom stereocenters. The van der Waals surface area contributed by atoms with Crippen molar-refractivity contribution in [2.75, 3.05) is 0 Å². The highest BCUT2D eigenvalue weighted by Crippen LogP contribution is 2.57. The van der Waals surface area contributed by atoms with Gasteiger partial charge in [0.05, 0.1) is 0 Å². The zero-order valence-electron chi connectivity index (χ0n) is 18.7. The number of fused-ring (bicyclic) bond motifs is 1. The molecular weight excluding hydrogens is 328 g/mol. The van der Waals surface area contributed by atoms with Crippen LogP contribution in [0.3, 0.4) is 0 Å². The van der Waals surface area contributed by atoms with E-state index in [2.05, 4.69) is 86.6 Å². The molecule has 0 N–H and O–H groups in total. The fraction of sp³-hybridized carbons (Fsp3) is 0.538. The van der Waals surface area contributed by atoms with Crippen LogP contribution < -0.4 is 4.74 Å². The van der Waals surface area contributed by atoms with E-state index in [9.17, 15) is 0 Å². The molecule has 0 saturated heterocycles. The largest absolute Gasteiger partial charge is 0.482 e. The van der Waals surface area contributed by atoms with Crippen molar-refractivity contribution >= 4 is 0 Å². The van der Waals surface area contributed by atoms with Crippen molar-refractivity contribution in [3.63, 3.8) is 0 Å². The molecule has 1 aliphatic rings. The average molecular weight is 365 g/mol. The van der Waals surface area contributed by atoms with Crippen LogP contribution in [0.2, 0.25) is 0 Å². The second-order valence-corrected chi connectivity index (χ2v) is 8.86. The molecule has 0 aromatic heterocycles. The minimum atomic E-state index is -0.333. The standard InChI is InChI=1S/C26H36O/c1-10-26(11-2)21(8)25(9,22-14-12-16(3)18(5)20(22)7)27-24-19(6)17(4)13-15-23(24)26/h12-15,21H,10-11H2,1-9H3. The summed E-state index contributed by atoms with van der Waals surface area (Å²) in [5.74, 6) is 1.51. The summed E-state index contributed by atoms with van der Waals surface area (Å²) in [6.07, 6.45) is 2.26. The lowest BCUT2D eigenvalue weighted by atomic mass is 9.58. The van der Waals surface area contributed by atoms with Crippen LogP contribution in [0.1, 0.15) is 79.5 Å². The summed E-state index contributed by atoms with van der Waals surface area (Å²) in [5, 5.41) is 0. The van der Waals surface area contributed by atoms with Gasteiger partial charge in [0.15, 0.2) is 0 Å². The first-order valence-corrected chi connectivity index (χ1v) is 10.5. The quantitative estimate of drug-likeness (QED) is 0.558. The Kier molecular flexibility index (Phi) is 4.95. The van der Waals surface area contributed by atoms with Crippen LogP contribution in [0, 0.1) is 40.5 Å². The molecule has 0 saturated carbocycles. The molecule has 0 bridgehead atoms. The van der Waals surface area contributed by atoms with Crippen molar-refractivity contribution in [3.8, 4) is 5.75 Å². The maximum Gasteiger partial charge on any atom is 0.135 e. The lowest BCUT2D eigenvalue weighted by Crippen LogP contribution is -2.52. The zero-order chi connectivity index (χ0) is 20.1. The molecular formula is C26H36O. The summed E-state index contributed by atoms with van der Waals surface area (Å²) in [5.41, 5.74) is 9.26. The molecule has 0 aliphatic carbocycles. The van der Waals surface area contributed by atoms with Crippen LogP contribution in [0.5, 0.6) is 5.75 Å².